The third kappa shape index (κ3) is 7.12. The van der Waals surface area contributed by atoms with Crippen molar-refractivity contribution in [2.45, 2.75) is 44.8 Å². The average Bonchev–Trinajstić information content (AvgIpc) is 2.49. The van der Waals surface area contributed by atoms with Crippen LogP contribution in [0.1, 0.15) is 33.1 Å². The van der Waals surface area contributed by atoms with Gasteiger partial charge in [0, 0.05) is 25.2 Å². The van der Waals surface area contributed by atoms with Gasteiger partial charge in [-0.25, -0.2) is 0 Å². The zero-order valence-corrected chi connectivity index (χ0v) is 11.0. The Morgan fingerprint density at radius 3 is 2.60 bits per heavy atom. The summed E-state index contributed by atoms with van der Waals surface area (Å²) in [4.78, 5) is 2.29. The molecule has 3 nitrogen and oxygen atoms in total. The van der Waals surface area contributed by atoms with Crippen LogP contribution >= 0.6 is 12.4 Å². The van der Waals surface area contributed by atoms with E-state index in [1.54, 1.807) is 0 Å². The summed E-state index contributed by atoms with van der Waals surface area (Å²) >= 11 is 0. The molecule has 1 aliphatic heterocycles. The molecule has 1 fully saturated rings. The van der Waals surface area contributed by atoms with Crippen molar-refractivity contribution in [3.63, 3.8) is 0 Å². The molecule has 15 heavy (non-hydrogen) atoms. The molecule has 2 N–H and O–H groups in total. The van der Waals surface area contributed by atoms with E-state index in [-0.39, 0.29) is 17.9 Å². The second kappa shape index (κ2) is 6.69. The largest absolute Gasteiger partial charge is 0.378 e. The lowest BCUT2D eigenvalue weighted by molar-refractivity contribution is 0.0930. The summed E-state index contributed by atoms with van der Waals surface area (Å²) in [6.45, 7) is 7.12. The van der Waals surface area contributed by atoms with Crippen molar-refractivity contribution in [1.29, 1.82) is 0 Å². The molecule has 0 radical (unpaired) electrons. The van der Waals surface area contributed by atoms with Crippen LogP contribution in [0.3, 0.4) is 0 Å². The molecule has 1 rings (SSSR count). The molecule has 0 spiro atoms. The van der Waals surface area contributed by atoms with Gasteiger partial charge in [-0.3, -0.25) is 0 Å². The maximum Gasteiger partial charge on any atom is 0.0588 e. The lowest BCUT2D eigenvalue weighted by Crippen LogP contribution is -2.44. The molecule has 92 valence electrons. The van der Waals surface area contributed by atoms with Crippen molar-refractivity contribution < 1.29 is 4.74 Å². The van der Waals surface area contributed by atoms with Crippen LogP contribution in [-0.2, 0) is 4.74 Å². The number of nitrogens with zero attached hydrogens (tertiary/aromatic N) is 1. The summed E-state index contributed by atoms with van der Waals surface area (Å²) < 4.78 is 5.58. The smallest absolute Gasteiger partial charge is 0.0588 e. The highest BCUT2D eigenvalue weighted by atomic mass is 35.5. The highest BCUT2D eigenvalue weighted by Crippen LogP contribution is 2.15. The van der Waals surface area contributed by atoms with Crippen LogP contribution in [-0.4, -0.2) is 43.3 Å². The standard InChI is InChI=1S/C11H24N2O.ClH/c1-11(2,12)9-13(3)7-6-10-5-4-8-14-10;/h10H,4-9,12H2,1-3H3;1H. The Morgan fingerprint density at radius 2 is 2.13 bits per heavy atom. The molecule has 4 heteroatoms. The first kappa shape index (κ1) is 15.2. The van der Waals surface area contributed by atoms with Crippen LogP contribution < -0.4 is 5.73 Å². The van der Waals surface area contributed by atoms with Gasteiger partial charge in [-0.2, -0.15) is 0 Å². The van der Waals surface area contributed by atoms with E-state index in [4.69, 9.17) is 10.5 Å². The SMILES string of the molecule is CN(CCC1CCCO1)CC(C)(C)N.Cl. The van der Waals surface area contributed by atoms with Crippen molar-refractivity contribution in [3.8, 4) is 0 Å². The zero-order chi connectivity index (χ0) is 10.6. The number of halogens is 1. The van der Waals surface area contributed by atoms with E-state index in [2.05, 4.69) is 25.8 Å². The van der Waals surface area contributed by atoms with Crippen molar-refractivity contribution in [1.82, 2.24) is 4.90 Å². The van der Waals surface area contributed by atoms with Crippen LogP contribution in [0.15, 0.2) is 0 Å². The normalized spacial score (nSPS) is 21.8. The van der Waals surface area contributed by atoms with E-state index in [1.165, 1.54) is 12.8 Å². The molecule has 1 unspecified atom stereocenters. The molecule has 0 saturated carbocycles. The highest BCUT2D eigenvalue weighted by Gasteiger charge is 2.18. The zero-order valence-electron chi connectivity index (χ0n) is 10.2. The maximum absolute atomic E-state index is 5.95. The summed E-state index contributed by atoms with van der Waals surface area (Å²) in [6.07, 6.45) is 4.11. The fourth-order valence-corrected chi connectivity index (χ4v) is 2.01. The summed E-state index contributed by atoms with van der Waals surface area (Å²) in [5, 5.41) is 0. The van der Waals surface area contributed by atoms with Crippen molar-refractivity contribution in [3.05, 3.63) is 0 Å². The Morgan fingerprint density at radius 1 is 1.47 bits per heavy atom. The number of hydrogen-bond acceptors (Lipinski definition) is 3. The van der Waals surface area contributed by atoms with E-state index < -0.39 is 0 Å². The van der Waals surface area contributed by atoms with E-state index in [0.29, 0.717) is 6.10 Å². The highest BCUT2D eigenvalue weighted by molar-refractivity contribution is 5.85. The lowest BCUT2D eigenvalue weighted by Gasteiger charge is -2.27. The Hall–Kier alpha value is 0.170. The van der Waals surface area contributed by atoms with Gasteiger partial charge >= 0.3 is 0 Å². The van der Waals surface area contributed by atoms with Gasteiger partial charge in [0.1, 0.15) is 0 Å². The quantitative estimate of drug-likeness (QED) is 0.789. The Labute approximate surface area is 99.7 Å². The van der Waals surface area contributed by atoms with E-state index in [1.807, 2.05) is 0 Å². The third-order valence-corrected chi connectivity index (χ3v) is 2.53. The first-order valence-corrected chi connectivity index (χ1v) is 5.56. The molecule has 0 aromatic carbocycles. The van der Waals surface area contributed by atoms with Crippen molar-refractivity contribution in [2.75, 3.05) is 26.7 Å². The van der Waals surface area contributed by atoms with Gasteiger partial charge in [-0.1, -0.05) is 0 Å². The molecule has 0 amide bonds. The molecule has 0 bridgehead atoms. The predicted octanol–water partition coefficient (Wildman–Crippen LogP) is 1.65. The summed E-state index contributed by atoms with van der Waals surface area (Å²) in [7, 11) is 2.13. The second-order valence-corrected chi connectivity index (χ2v) is 5.15. The summed E-state index contributed by atoms with van der Waals surface area (Å²) in [5.74, 6) is 0. The average molecular weight is 237 g/mol. The number of rotatable bonds is 5. The molecule has 0 aromatic rings. The topological polar surface area (TPSA) is 38.5 Å². The van der Waals surface area contributed by atoms with Gasteiger partial charge in [0.25, 0.3) is 0 Å². The Balaban J connectivity index is 0.00000196. The second-order valence-electron chi connectivity index (χ2n) is 5.15. The van der Waals surface area contributed by atoms with Crippen LogP contribution in [0.25, 0.3) is 0 Å². The molecule has 1 atom stereocenters. The van der Waals surface area contributed by atoms with Crippen molar-refractivity contribution >= 4 is 12.4 Å². The van der Waals surface area contributed by atoms with Gasteiger partial charge in [0.2, 0.25) is 0 Å². The number of ether oxygens (including phenoxy) is 1. The van der Waals surface area contributed by atoms with Crippen molar-refractivity contribution in [2.24, 2.45) is 5.73 Å². The van der Waals surface area contributed by atoms with E-state index in [9.17, 15) is 0 Å². The number of nitrogens with two attached hydrogens (primary N) is 1. The minimum absolute atomic E-state index is 0. The molecule has 0 aliphatic carbocycles. The lowest BCUT2D eigenvalue weighted by atomic mass is 10.1. The van der Waals surface area contributed by atoms with Gasteiger partial charge in [-0.05, 0) is 40.2 Å². The first-order chi connectivity index (χ1) is 6.47. The Bertz CT molecular complexity index is 164. The molecule has 1 aliphatic rings. The molecular weight excluding hydrogens is 212 g/mol. The summed E-state index contributed by atoms with van der Waals surface area (Å²) in [6, 6.07) is 0. The van der Waals surface area contributed by atoms with Gasteiger partial charge in [-0.15, -0.1) is 12.4 Å². The number of hydrogen-bond donors (Lipinski definition) is 1. The fraction of sp³-hybridized carbons (Fsp3) is 1.00. The molecule has 1 heterocycles. The monoisotopic (exact) mass is 236 g/mol. The molecule has 0 aromatic heterocycles. The third-order valence-electron chi connectivity index (χ3n) is 2.53. The predicted molar refractivity (Wildman–Crippen MR) is 66.6 cm³/mol. The van der Waals surface area contributed by atoms with Crippen LogP contribution in [0, 0.1) is 0 Å². The van der Waals surface area contributed by atoms with Crippen LogP contribution in [0.4, 0.5) is 0 Å². The fourth-order valence-electron chi connectivity index (χ4n) is 2.01. The maximum atomic E-state index is 5.95. The molecule has 1 saturated heterocycles. The van der Waals surface area contributed by atoms with E-state index in [0.717, 1.165) is 26.1 Å². The minimum Gasteiger partial charge on any atom is -0.378 e. The van der Waals surface area contributed by atoms with Gasteiger partial charge < -0.3 is 15.4 Å². The summed E-state index contributed by atoms with van der Waals surface area (Å²) in [5.41, 5.74) is 5.86. The van der Waals surface area contributed by atoms with Crippen LogP contribution in [0.5, 0.6) is 0 Å². The number of likely N-dealkylation sites (N-methyl/N-ethyl adjacent to an activating group) is 1. The molecular formula is C11H25ClN2O. The van der Waals surface area contributed by atoms with Gasteiger partial charge in [0.15, 0.2) is 0 Å². The van der Waals surface area contributed by atoms with Crippen LogP contribution in [0.2, 0.25) is 0 Å². The van der Waals surface area contributed by atoms with Gasteiger partial charge in [0.05, 0.1) is 6.10 Å². The first-order valence-electron chi connectivity index (χ1n) is 5.56. The minimum atomic E-state index is -0.0920. The van der Waals surface area contributed by atoms with E-state index >= 15 is 0 Å². The Kier molecular flexibility index (Phi) is 6.76.